The smallest absolute Gasteiger partial charge is 0.252 e. The largest absolute Gasteiger partial charge is 0.310 e. The Labute approximate surface area is 649 Å². The van der Waals surface area contributed by atoms with Gasteiger partial charge in [-0.05, 0) is 165 Å². The van der Waals surface area contributed by atoms with Crippen LogP contribution in [-0.2, 0) is 16.2 Å². The van der Waals surface area contributed by atoms with Gasteiger partial charge < -0.3 is 18.9 Å². The number of aromatic nitrogens is 2. The number of benzene rings is 17. The number of hydrogen-bond acceptors (Lipinski definition) is 2. The Balaban J connectivity index is 0.942. The Hall–Kier alpha value is -13.0. The number of fused-ring (bicyclic) bond motifs is 20. The van der Waals surface area contributed by atoms with E-state index in [1.165, 1.54) is 120 Å². The highest BCUT2D eigenvalue weighted by Crippen LogP contribution is 2.56. The summed E-state index contributed by atoms with van der Waals surface area (Å²) < 4.78 is 5.24. The fourth-order valence-electron chi connectivity index (χ4n) is 19.0. The lowest BCUT2D eigenvalue weighted by atomic mass is 9.33. The number of rotatable bonds is 8. The summed E-state index contributed by atoms with van der Waals surface area (Å²) in [6, 6.07) is 130. The first kappa shape index (κ1) is 66.3. The zero-order valence-electron chi connectivity index (χ0n) is 64.2. The SMILES string of the molecule is CC(C)(C)c1cc2c3c(c1)N(c1c(-c4ccccc4)cccc1-c1ccccc1)c1cc(-n4c5ccc(C(C)(C)C)cc5c5c6ccccc6c6ccccc6c54)ccc1B3c1ccc(-n3c4ccc(C(C)(C)C)cc4c4c5ccccc5c5ccccc5c43)cc1N2c1c(-c2ccccc2)cccc1-c1ccccc1. The van der Waals surface area contributed by atoms with Gasteiger partial charge >= 0.3 is 0 Å². The summed E-state index contributed by atoms with van der Waals surface area (Å²) in [6.45, 7) is 21.0. The van der Waals surface area contributed by atoms with Crippen LogP contribution in [0.4, 0.5) is 34.1 Å². The zero-order valence-corrected chi connectivity index (χ0v) is 64.2. The average Bonchev–Trinajstić information content (AvgIpc) is 0.990. The van der Waals surface area contributed by atoms with Crippen molar-refractivity contribution in [1.29, 1.82) is 0 Å². The third-order valence-corrected chi connectivity index (χ3v) is 24.3. The van der Waals surface area contributed by atoms with E-state index < -0.39 is 0 Å². The maximum atomic E-state index is 2.73. The summed E-state index contributed by atoms with van der Waals surface area (Å²) in [5.74, 6) is 0. The molecule has 0 saturated carbocycles. The maximum absolute atomic E-state index is 2.73. The van der Waals surface area contributed by atoms with Crippen LogP contribution >= 0.6 is 0 Å². The van der Waals surface area contributed by atoms with Gasteiger partial charge in [0.05, 0.1) is 33.4 Å². The van der Waals surface area contributed by atoms with Gasteiger partial charge in [-0.15, -0.1) is 0 Å². The minimum Gasteiger partial charge on any atom is -0.310 e. The van der Waals surface area contributed by atoms with E-state index >= 15 is 0 Å². The minimum absolute atomic E-state index is 0.0927. The van der Waals surface area contributed by atoms with Crippen LogP contribution in [0.15, 0.2) is 340 Å². The molecule has 0 spiro atoms. The lowest BCUT2D eigenvalue weighted by Gasteiger charge is -2.46. The van der Waals surface area contributed by atoms with Crippen molar-refractivity contribution >= 4 is 144 Å². The number of anilines is 6. The van der Waals surface area contributed by atoms with E-state index in [1.54, 1.807) is 0 Å². The van der Waals surface area contributed by atoms with Crippen molar-refractivity contribution < 1.29 is 0 Å². The summed E-state index contributed by atoms with van der Waals surface area (Å²) in [4.78, 5) is 5.45. The van der Waals surface area contributed by atoms with Crippen molar-refractivity contribution in [2.75, 3.05) is 9.80 Å². The van der Waals surface area contributed by atoms with Crippen LogP contribution in [0.25, 0.3) is 143 Å². The maximum Gasteiger partial charge on any atom is 0.252 e. The van der Waals surface area contributed by atoms with E-state index in [9.17, 15) is 0 Å². The highest BCUT2D eigenvalue weighted by molar-refractivity contribution is 7.00. The second-order valence-corrected chi connectivity index (χ2v) is 33.9. The fraction of sp³-hybridized carbons (Fsp3) is 0.113. The molecule has 0 radical (unpaired) electrons. The third-order valence-electron chi connectivity index (χ3n) is 24.3. The molecule has 111 heavy (non-hydrogen) atoms. The molecule has 0 N–H and O–H groups in total. The molecule has 0 saturated heterocycles. The van der Waals surface area contributed by atoms with Gasteiger partial charge in [-0.2, -0.15) is 0 Å². The van der Waals surface area contributed by atoms with Crippen LogP contribution in [-0.4, -0.2) is 15.8 Å². The molecular formula is C106H83BN4. The van der Waals surface area contributed by atoms with E-state index in [0.29, 0.717) is 0 Å². The standard InChI is InChI=1S/C106H83BN4/c1-104(2,3)70-52-58-91-87(60-70)97-83-44-26-22-40-79(83)81-42-24-28-46-85(81)102(97)108(91)73-54-56-89-93(64-73)110(100-75(66-32-14-10-15-33-66)48-30-49-76(100)67-34-16-11-17-35-67)95-62-72(106(7,8)9)63-96-99(95)107(89)90-57-55-74(65-94(90)111(96)101-77(68-36-18-12-19-37-68)50-31-51-78(101)69-38-20-13-21-39-69)109-92-59-53-71(105(4,5)6)61-88(92)98-84-45-27-23-41-80(84)82-43-25-29-47-86(82)103(98)109/h10-65H,1-9H3. The number of nitrogens with zero attached hydrogens (tertiary/aromatic N) is 4. The molecule has 530 valence electrons. The van der Waals surface area contributed by atoms with Gasteiger partial charge in [-0.3, -0.25) is 0 Å². The number of para-hydroxylation sites is 2. The Morgan fingerprint density at radius 1 is 0.234 bits per heavy atom. The van der Waals surface area contributed by atoms with E-state index in [0.717, 1.165) is 90.0 Å². The first-order chi connectivity index (χ1) is 54.0. The molecule has 0 amide bonds. The summed E-state index contributed by atoms with van der Waals surface area (Å²) >= 11 is 0. The summed E-state index contributed by atoms with van der Waals surface area (Å²) in [6.07, 6.45) is 0. The number of hydrogen-bond donors (Lipinski definition) is 0. The summed E-state index contributed by atoms with van der Waals surface area (Å²) in [5.41, 5.74) is 29.9. The van der Waals surface area contributed by atoms with Crippen molar-refractivity contribution in [1.82, 2.24) is 9.13 Å². The van der Waals surface area contributed by atoms with Crippen molar-refractivity contribution in [3.63, 3.8) is 0 Å². The van der Waals surface area contributed by atoms with E-state index in [1.807, 2.05) is 0 Å². The van der Waals surface area contributed by atoms with Crippen LogP contribution < -0.4 is 26.2 Å². The predicted molar refractivity (Wildman–Crippen MR) is 477 cm³/mol. The van der Waals surface area contributed by atoms with Crippen LogP contribution in [0.2, 0.25) is 0 Å². The normalized spacial score (nSPS) is 13.0. The Morgan fingerprint density at radius 2 is 0.541 bits per heavy atom. The zero-order chi connectivity index (χ0) is 74.9. The van der Waals surface area contributed by atoms with Gasteiger partial charge in [0.2, 0.25) is 0 Å². The molecule has 19 aromatic rings. The van der Waals surface area contributed by atoms with Crippen molar-refractivity contribution in [2.24, 2.45) is 0 Å². The van der Waals surface area contributed by atoms with Gasteiger partial charge in [-0.25, -0.2) is 0 Å². The molecule has 5 heteroatoms. The molecule has 17 aromatic carbocycles. The predicted octanol–water partition coefficient (Wildman–Crippen LogP) is 27.1. The van der Waals surface area contributed by atoms with Gasteiger partial charge in [0.1, 0.15) is 0 Å². The van der Waals surface area contributed by atoms with Crippen LogP contribution in [0.3, 0.4) is 0 Å². The summed E-state index contributed by atoms with van der Waals surface area (Å²) in [5, 5.41) is 15.0. The van der Waals surface area contributed by atoms with Crippen LogP contribution in [0.1, 0.15) is 79.0 Å². The van der Waals surface area contributed by atoms with E-state index in [4.69, 9.17) is 0 Å². The molecule has 0 atom stereocenters. The second-order valence-electron chi connectivity index (χ2n) is 33.9. The van der Waals surface area contributed by atoms with Crippen molar-refractivity contribution in [3.05, 3.63) is 356 Å². The molecule has 2 aliphatic rings. The molecule has 0 bridgehead atoms. The van der Waals surface area contributed by atoms with Crippen molar-refractivity contribution in [2.45, 2.75) is 78.6 Å². The van der Waals surface area contributed by atoms with E-state index in [2.05, 4.69) is 421 Å². The topological polar surface area (TPSA) is 16.3 Å². The molecule has 4 heterocycles. The van der Waals surface area contributed by atoms with E-state index in [-0.39, 0.29) is 23.0 Å². The lowest BCUT2D eigenvalue weighted by molar-refractivity contribution is 0.590. The summed E-state index contributed by atoms with van der Waals surface area (Å²) in [7, 11) is 0. The Morgan fingerprint density at radius 3 is 0.874 bits per heavy atom. The van der Waals surface area contributed by atoms with Crippen molar-refractivity contribution in [3.8, 4) is 55.9 Å². The molecule has 0 fully saturated rings. The quantitative estimate of drug-likeness (QED) is 0.111. The highest BCUT2D eigenvalue weighted by atomic mass is 15.2. The first-order valence-electron chi connectivity index (χ1n) is 39.3. The molecule has 4 nitrogen and oxygen atoms in total. The Bertz CT molecular complexity index is 6540. The highest BCUT2D eigenvalue weighted by Gasteiger charge is 2.46. The fourth-order valence-corrected chi connectivity index (χ4v) is 19.0. The van der Waals surface area contributed by atoms with Gasteiger partial charge in [0.15, 0.2) is 0 Å². The van der Waals surface area contributed by atoms with Gasteiger partial charge in [-0.1, -0.05) is 341 Å². The molecular weight excluding hydrogens is 1340 g/mol. The molecule has 21 rings (SSSR count). The van der Waals surface area contributed by atoms with Gasteiger partial charge in [0.25, 0.3) is 6.71 Å². The molecule has 0 unspecified atom stereocenters. The molecule has 2 aromatic heterocycles. The van der Waals surface area contributed by atoms with Crippen LogP contribution in [0.5, 0.6) is 0 Å². The lowest BCUT2D eigenvalue weighted by Crippen LogP contribution is -2.61. The average molecular weight is 1420 g/mol. The minimum atomic E-state index is -0.345. The monoisotopic (exact) mass is 1420 g/mol. The first-order valence-corrected chi connectivity index (χ1v) is 39.3. The Kier molecular flexibility index (Phi) is 14.8. The third kappa shape index (κ3) is 10.2. The molecule has 2 aliphatic heterocycles. The van der Waals surface area contributed by atoms with Crippen LogP contribution in [0, 0.1) is 0 Å². The molecule has 0 aliphatic carbocycles. The van der Waals surface area contributed by atoms with Gasteiger partial charge in [0, 0.05) is 88.7 Å². The second kappa shape index (κ2) is 24.8.